The third-order valence-electron chi connectivity index (χ3n) is 2.38. The van der Waals surface area contributed by atoms with Crippen LogP contribution < -0.4 is 4.90 Å². The van der Waals surface area contributed by atoms with Crippen molar-refractivity contribution in [2.24, 2.45) is 0 Å². The molecule has 5 heteroatoms. The lowest BCUT2D eigenvalue weighted by Gasteiger charge is -2.20. The van der Waals surface area contributed by atoms with E-state index in [9.17, 15) is 9.59 Å². The molecule has 0 aliphatic rings. The Morgan fingerprint density at radius 2 is 2.00 bits per heavy atom. The molecule has 0 heterocycles. The van der Waals surface area contributed by atoms with Gasteiger partial charge in [-0.1, -0.05) is 12.1 Å². The van der Waals surface area contributed by atoms with E-state index in [1.54, 1.807) is 36.2 Å². The number of hydrogen-bond donors (Lipinski definition) is 1. The first-order valence-electron chi connectivity index (χ1n) is 5.16. The number of para-hydroxylation sites is 1. The van der Waals surface area contributed by atoms with E-state index in [1.165, 1.54) is 7.11 Å². The van der Waals surface area contributed by atoms with Gasteiger partial charge in [-0.3, -0.25) is 4.79 Å². The van der Waals surface area contributed by atoms with Gasteiger partial charge in [0.15, 0.2) is 0 Å². The number of nitrogens with zero attached hydrogens (tertiary/aromatic N) is 1. The van der Waals surface area contributed by atoms with Crippen molar-refractivity contribution in [1.82, 2.24) is 0 Å². The van der Waals surface area contributed by atoms with Crippen molar-refractivity contribution in [2.45, 2.75) is 6.42 Å². The normalized spacial score (nSPS) is 9.76. The smallest absolute Gasteiger partial charge is 0.339 e. The second kappa shape index (κ2) is 5.89. The number of esters is 1. The molecule has 0 radical (unpaired) electrons. The first-order valence-corrected chi connectivity index (χ1v) is 5.16. The average Bonchev–Trinajstić information content (AvgIpc) is 2.34. The van der Waals surface area contributed by atoms with Gasteiger partial charge in [-0.25, -0.2) is 4.79 Å². The monoisotopic (exact) mass is 237 g/mol. The molecule has 0 aliphatic heterocycles. The fraction of sp³-hybridized carbons (Fsp3) is 0.333. The maximum atomic E-state index is 11.5. The summed E-state index contributed by atoms with van der Waals surface area (Å²) in [6.45, 7) is 0.337. The van der Waals surface area contributed by atoms with Crippen molar-refractivity contribution in [3.05, 3.63) is 29.8 Å². The second-order valence-electron chi connectivity index (χ2n) is 3.57. The topological polar surface area (TPSA) is 66.8 Å². The fourth-order valence-corrected chi connectivity index (χ4v) is 1.47. The Balaban J connectivity index is 2.88. The third kappa shape index (κ3) is 3.48. The lowest BCUT2D eigenvalue weighted by atomic mass is 10.1. The molecule has 1 aromatic carbocycles. The van der Waals surface area contributed by atoms with Gasteiger partial charge in [0.25, 0.3) is 0 Å². The van der Waals surface area contributed by atoms with Crippen molar-refractivity contribution in [3.63, 3.8) is 0 Å². The van der Waals surface area contributed by atoms with Crippen LogP contribution in [0.4, 0.5) is 5.69 Å². The van der Waals surface area contributed by atoms with Gasteiger partial charge in [-0.2, -0.15) is 0 Å². The molecule has 0 atom stereocenters. The molecule has 0 fully saturated rings. The standard InChI is InChI=1S/C12H15NO4/c1-13(8-7-11(14)15)10-6-4-3-5-9(10)12(16)17-2/h3-6H,7-8H2,1-2H3,(H,14,15). The molecule has 0 bridgehead atoms. The molecule has 0 aliphatic carbocycles. The molecule has 0 aromatic heterocycles. The van der Waals surface area contributed by atoms with Gasteiger partial charge in [0, 0.05) is 13.6 Å². The molecule has 0 unspecified atom stereocenters. The highest BCUT2D eigenvalue weighted by atomic mass is 16.5. The Labute approximate surface area is 99.6 Å². The molecule has 92 valence electrons. The largest absolute Gasteiger partial charge is 0.481 e. The minimum atomic E-state index is -0.868. The number of carboxylic acid groups (broad SMARTS) is 1. The van der Waals surface area contributed by atoms with Crippen LogP contribution in [0.3, 0.4) is 0 Å². The molecule has 0 spiro atoms. The van der Waals surface area contributed by atoms with E-state index in [0.717, 1.165) is 0 Å². The van der Waals surface area contributed by atoms with Gasteiger partial charge >= 0.3 is 11.9 Å². The van der Waals surface area contributed by atoms with Crippen molar-refractivity contribution in [1.29, 1.82) is 0 Å². The number of hydrogen-bond acceptors (Lipinski definition) is 4. The van der Waals surface area contributed by atoms with E-state index >= 15 is 0 Å². The molecular weight excluding hydrogens is 222 g/mol. The van der Waals surface area contributed by atoms with Gasteiger partial charge in [-0.15, -0.1) is 0 Å². The average molecular weight is 237 g/mol. The number of benzene rings is 1. The number of rotatable bonds is 5. The van der Waals surface area contributed by atoms with Gasteiger partial charge < -0.3 is 14.7 Å². The molecule has 1 N–H and O–H groups in total. The van der Waals surface area contributed by atoms with Crippen molar-refractivity contribution >= 4 is 17.6 Å². The summed E-state index contributed by atoms with van der Waals surface area (Å²) in [6.07, 6.45) is 0.0198. The van der Waals surface area contributed by atoms with Crippen LogP contribution in [-0.2, 0) is 9.53 Å². The maximum absolute atomic E-state index is 11.5. The number of carbonyl (C=O) groups excluding carboxylic acids is 1. The number of carbonyl (C=O) groups is 2. The van der Waals surface area contributed by atoms with Crippen LogP contribution in [0.15, 0.2) is 24.3 Å². The lowest BCUT2D eigenvalue weighted by Crippen LogP contribution is -2.23. The summed E-state index contributed by atoms with van der Waals surface area (Å²) >= 11 is 0. The summed E-state index contributed by atoms with van der Waals surface area (Å²) in [7, 11) is 3.06. The second-order valence-corrected chi connectivity index (χ2v) is 3.57. The highest BCUT2D eigenvalue weighted by molar-refractivity contribution is 5.95. The first-order chi connectivity index (χ1) is 8.06. The van der Waals surface area contributed by atoms with Crippen LogP contribution in [0.5, 0.6) is 0 Å². The Morgan fingerprint density at radius 3 is 2.59 bits per heavy atom. The van der Waals surface area contributed by atoms with E-state index in [4.69, 9.17) is 5.11 Å². The Bertz CT molecular complexity index is 417. The van der Waals surface area contributed by atoms with Gasteiger partial charge in [0.2, 0.25) is 0 Å². The number of methoxy groups -OCH3 is 1. The van der Waals surface area contributed by atoms with Crippen molar-refractivity contribution in [2.75, 3.05) is 25.6 Å². The molecule has 5 nitrogen and oxygen atoms in total. The van der Waals surface area contributed by atoms with Gasteiger partial charge in [-0.05, 0) is 12.1 Å². The van der Waals surface area contributed by atoms with Crippen LogP contribution in [0, 0.1) is 0 Å². The molecule has 0 saturated carbocycles. The third-order valence-corrected chi connectivity index (χ3v) is 2.38. The van der Waals surface area contributed by atoms with Crippen molar-refractivity contribution in [3.8, 4) is 0 Å². The number of anilines is 1. The molecular formula is C12H15NO4. The predicted octanol–water partition coefficient (Wildman–Crippen LogP) is 1.38. The van der Waals surface area contributed by atoms with Crippen LogP contribution in [0.1, 0.15) is 16.8 Å². The molecule has 1 aromatic rings. The van der Waals surface area contributed by atoms with Crippen LogP contribution >= 0.6 is 0 Å². The van der Waals surface area contributed by atoms with Gasteiger partial charge in [0.1, 0.15) is 0 Å². The number of aliphatic carboxylic acids is 1. The highest BCUT2D eigenvalue weighted by Crippen LogP contribution is 2.19. The quantitative estimate of drug-likeness (QED) is 0.784. The van der Waals surface area contributed by atoms with Gasteiger partial charge in [0.05, 0.1) is 24.8 Å². The molecule has 0 amide bonds. The highest BCUT2D eigenvalue weighted by Gasteiger charge is 2.14. The molecule has 0 saturated heterocycles. The van der Waals surface area contributed by atoms with E-state index in [2.05, 4.69) is 4.74 Å². The van der Waals surface area contributed by atoms with Crippen LogP contribution in [-0.4, -0.2) is 37.7 Å². The summed E-state index contributed by atoms with van der Waals surface area (Å²) < 4.78 is 4.67. The fourth-order valence-electron chi connectivity index (χ4n) is 1.47. The van der Waals surface area contributed by atoms with E-state index < -0.39 is 11.9 Å². The molecule has 17 heavy (non-hydrogen) atoms. The minimum absolute atomic E-state index is 0.0198. The summed E-state index contributed by atoms with van der Waals surface area (Å²) in [4.78, 5) is 23.7. The van der Waals surface area contributed by atoms with E-state index in [-0.39, 0.29) is 6.42 Å². The first kappa shape index (κ1) is 13.0. The van der Waals surface area contributed by atoms with Crippen LogP contribution in [0.2, 0.25) is 0 Å². The summed E-state index contributed by atoms with van der Waals surface area (Å²) in [5, 5.41) is 8.62. The number of carboxylic acids is 1. The van der Waals surface area contributed by atoms with E-state index in [0.29, 0.717) is 17.8 Å². The summed E-state index contributed by atoms with van der Waals surface area (Å²) in [5.41, 5.74) is 1.10. The van der Waals surface area contributed by atoms with Crippen molar-refractivity contribution < 1.29 is 19.4 Å². The summed E-state index contributed by atoms with van der Waals surface area (Å²) in [6, 6.07) is 6.94. The molecule has 1 rings (SSSR count). The Morgan fingerprint density at radius 1 is 1.35 bits per heavy atom. The Kier molecular flexibility index (Phi) is 4.51. The zero-order chi connectivity index (χ0) is 12.8. The number of ether oxygens (including phenoxy) is 1. The lowest BCUT2D eigenvalue weighted by molar-refractivity contribution is -0.136. The van der Waals surface area contributed by atoms with E-state index in [1.807, 2.05) is 0 Å². The minimum Gasteiger partial charge on any atom is -0.481 e. The maximum Gasteiger partial charge on any atom is 0.339 e. The predicted molar refractivity (Wildman–Crippen MR) is 63.3 cm³/mol. The Hall–Kier alpha value is -2.04. The SMILES string of the molecule is COC(=O)c1ccccc1N(C)CCC(=O)O. The summed E-state index contributed by atoms with van der Waals surface area (Å²) in [5.74, 6) is -1.30. The van der Waals surface area contributed by atoms with Crippen LogP contribution in [0.25, 0.3) is 0 Å². The zero-order valence-corrected chi connectivity index (χ0v) is 9.84. The zero-order valence-electron chi connectivity index (χ0n) is 9.84.